The summed E-state index contributed by atoms with van der Waals surface area (Å²) < 4.78 is 5.95. The monoisotopic (exact) mass is 402 g/mol. The van der Waals surface area contributed by atoms with Crippen LogP contribution in [0.1, 0.15) is 47.7 Å². The highest BCUT2D eigenvalue weighted by Gasteiger charge is 2.14. The van der Waals surface area contributed by atoms with E-state index in [1.807, 2.05) is 42.5 Å². The molecule has 0 saturated carbocycles. The Hall–Kier alpha value is -3.12. The predicted octanol–water partition coefficient (Wildman–Crippen LogP) is 4.62. The molecular weight excluding hydrogens is 376 g/mol. The van der Waals surface area contributed by atoms with Gasteiger partial charge in [0.05, 0.1) is 24.1 Å². The number of benzene rings is 1. The zero-order chi connectivity index (χ0) is 20.3. The molecule has 1 aromatic carbocycles. The summed E-state index contributed by atoms with van der Waals surface area (Å²) >= 11 is 0. The van der Waals surface area contributed by atoms with Crippen LogP contribution in [0.3, 0.4) is 0 Å². The van der Waals surface area contributed by atoms with Gasteiger partial charge < -0.3 is 14.7 Å². The molecule has 0 unspecified atom stereocenters. The number of fused-ring (bicyclic) bond motifs is 3. The topological polar surface area (TPSA) is 74.2 Å². The van der Waals surface area contributed by atoms with Crippen LogP contribution >= 0.6 is 0 Å². The molecule has 6 heteroatoms. The smallest absolute Gasteiger partial charge is 0.268 e. The molecule has 2 N–H and O–H groups in total. The first-order valence-electron chi connectivity index (χ1n) is 10.7. The quantitative estimate of drug-likeness (QED) is 0.511. The second-order valence-corrected chi connectivity index (χ2v) is 8.03. The standard InChI is InChI=1S/C24H26N4O2/c29-24(21-14-18-8-7-17-6-5-11-25-22(17)23(18)27-21)26-15-19-9-10-20(30-19)16-28-12-3-1-2-4-13-28/h5-11,14,27H,1-4,12-13,15-16H2,(H,26,29). The van der Waals surface area contributed by atoms with Crippen molar-refractivity contribution in [2.24, 2.45) is 0 Å². The van der Waals surface area contributed by atoms with Crippen LogP contribution in [0.15, 0.2) is 53.1 Å². The molecule has 1 aliphatic rings. The number of carbonyl (C=O) groups excluding carboxylic acids is 1. The number of rotatable bonds is 5. The molecule has 0 bridgehead atoms. The molecule has 1 fully saturated rings. The van der Waals surface area contributed by atoms with Gasteiger partial charge in [-0.05, 0) is 50.2 Å². The van der Waals surface area contributed by atoms with Crippen LogP contribution in [-0.4, -0.2) is 33.9 Å². The van der Waals surface area contributed by atoms with E-state index in [1.165, 1.54) is 25.7 Å². The van der Waals surface area contributed by atoms with Gasteiger partial charge in [-0.25, -0.2) is 0 Å². The fourth-order valence-corrected chi connectivity index (χ4v) is 4.24. The van der Waals surface area contributed by atoms with Crippen molar-refractivity contribution in [2.45, 2.75) is 38.8 Å². The molecule has 4 aromatic rings. The minimum absolute atomic E-state index is 0.152. The van der Waals surface area contributed by atoms with Crippen LogP contribution < -0.4 is 5.32 Å². The van der Waals surface area contributed by atoms with E-state index in [0.29, 0.717) is 12.2 Å². The van der Waals surface area contributed by atoms with Crippen LogP contribution in [0.25, 0.3) is 21.8 Å². The summed E-state index contributed by atoms with van der Waals surface area (Å²) in [5.74, 6) is 1.58. The number of hydrogen-bond acceptors (Lipinski definition) is 4. The largest absolute Gasteiger partial charge is 0.463 e. The van der Waals surface area contributed by atoms with E-state index in [4.69, 9.17) is 4.42 Å². The van der Waals surface area contributed by atoms with Gasteiger partial charge in [0.2, 0.25) is 0 Å². The number of pyridine rings is 1. The lowest BCUT2D eigenvalue weighted by Gasteiger charge is -2.17. The number of nitrogens with one attached hydrogen (secondary N) is 2. The molecule has 1 amide bonds. The second-order valence-electron chi connectivity index (χ2n) is 8.03. The molecule has 0 radical (unpaired) electrons. The van der Waals surface area contributed by atoms with Crippen LogP contribution in [0.4, 0.5) is 0 Å². The Bertz CT molecular complexity index is 1170. The molecular formula is C24H26N4O2. The first-order chi connectivity index (χ1) is 14.8. The Morgan fingerprint density at radius 2 is 1.83 bits per heavy atom. The Kier molecular flexibility index (Phi) is 5.24. The van der Waals surface area contributed by atoms with Crippen molar-refractivity contribution in [3.05, 3.63) is 65.9 Å². The lowest BCUT2D eigenvalue weighted by atomic mass is 10.1. The Labute approximate surface area is 175 Å². The first-order valence-corrected chi connectivity index (χ1v) is 10.7. The van der Waals surface area contributed by atoms with Gasteiger partial charge in [-0.2, -0.15) is 0 Å². The fourth-order valence-electron chi connectivity index (χ4n) is 4.24. The minimum Gasteiger partial charge on any atom is -0.463 e. The highest BCUT2D eigenvalue weighted by atomic mass is 16.3. The number of likely N-dealkylation sites (tertiary alicyclic amines) is 1. The summed E-state index contributed by atoms with van der Waals surface area (Å²) in [6, 6.07) is 13.8. The zero-order valence-electron chi connectivity index (χ0n) is 17.0. The molecule has 3 aromatic heterocycles. The number of nitrogens with zero attached hydrogens (tertiary/aromatic N) is 2. The maximum Gasteiger partial charge on any atom is 0.268 e. The minimum atomic E-state index is -0.152. The molecule has 5 rings (SSSR count). The lowest BCUT2D eigenvalue weighted by molar-refractivity contribution is 0.0943. The van der Waals surface area contributed by atoms with Gasteiger partial charge in [0.1, 0.15) is 17.2 Å². The number of amides is 1. The number of furan rings is 1. The Morgan fingerprint density at radius 3 is 2.70 bits per heavy atom. The third-order valence-corrected chi connectivity index (χ3v) is 5.83. The summed E-state index contributed by atoms with van der Waals surface area (Å²) in [5, 5.41) is 4.98. The van der Waals surface area contributed by atoms with Gasteiger partial charge in [0.15, 0.2) is 0 Å². The normalized spacial score (nSPS) is 15.5. The van der Waals surface area contributed by atoms with Gasteiger partial charge in [-0.1, -0.05) is 31.0 Å². The van der Waals surface area contributed by atoms with Crippen LogP contribution in [0, 0.1) is 0 Å². The first kappa shape index (κ1) is 18.9. The van der Waals surface area contributed by atoms with Crippen molar-refractivity contribution in [1.29, 1.82) is 0 Å². The summed E-state index contributed by atoms with van der Waals surface area (Å²) in [4.78, 5) is 22.8. The van der Waals surface area contributed by atoms with E-state index in [2.05, 4.69) is 20.2 Å². The van der Waals surface area contributed by atoms with Crippen molar-refractivity contribution in [3.8, 4) is 0 Å². The van der Waals surface area contributed by atoms with Gasteiger partial charge in [0, 0.05) is 17.0 Å². The van der Waals surface area contributed by atoms with Crippen LogP contribution in [-0.2, 0) is 13.1 Å². The molecule has 0 atom stereocenters. The van der Waals surface area contributed by atoms with Crippen molar-refractivity contribution in [3.63, 3.8) is 0 Å². The van der Waals surface area contributed by atoms with Crippen molar-refractivity contribution < 1.29 is 9.21 Å². The van der Waals surface area contributed by atoms with Crippen molar-refractivity contribution in [2.75, 3.05) is 13.1 Å². The zero-order valence-corrected chi connectivity index (χ0v) is 17.0. The van der Waals surface area contributed by atoms with E-state index in [0.717, 1.165) is 53.0 Å². The van der Waals surface area contributed by atoms with Crippen LogP contribution in [0.2, 0.25) is 0 Å². The van der Waals surface area contributed by atoms with Gasteiger partial charge in [-0.3, -0.25) is 14.7 Å². The van der Waals surface area contributed by atoms with Gasteiger partial charge in [0.25, 0.3) is 5.91 Å². The number of aromatic amines is 1. The maximum atomic E-state index is 12.7. The molecule has 30 heavy (non-hydrogen) atoms. The second kappa shape index (κ2) is 8.32. The van der Waals surface area contributed by atoms with E-state index in [1.54, 1.807) is 6.20 Å². The predicted molar refractivity (Wildman–Crippen MR) is 117 cm³/mol. The SMILES string of the molecule is O=C(NCc1ccc(CN2CCCCCC2)o1)c1cc2ccc3cccnc3c2[nH]1. The lowest BCUT2D eigenvalue weighted by Crippen LogP contribution is -2.24. The van der Waals surface area contributed by atoms with Crippen molar-refractivity contribution in [1.82, 2.24) is 20.2 Å². The average molecular weight is 402 g/mol. The third-order valence-electron chi connectivity index (χ3n) is 5.83. The highest BCUT2D eigenvalue weighted by Crippen LogP contribution is 2.24. The fraction of sp³-hybridized carbons (Fsp3) is 0.333. The van der Waals surface area contributed by atoms with E-state index < -0.39 is 0 Å². The number of H-pyrrole nitrogens is 1. The van der Waals surface area contributed by atoms with Crippen LogP contribution in [0.5, 0.6) is 0 Å². The van der Waals surface area contributed by atoms with Crippen molar-refractivity contribution >= 4 is 27.7 Å². The van der Waals surface area contributed by atoms with E-state index in [-0.39, 0.29) is 5.91 Å². The van der Waals surface area contributed by atoms with Gasteiger partial charge >= 0.3 is 0 Å². The van der Waals surface area contributed by atoms with E-state index >= 15 is 0 Å². The van der Waals surface area contributed by atoms with E-state index in [9.17, 15) is 4.79 Å². The summed E-state index contributed by atoms with van der Waals surface area (Å²) in [5.41, 5.74) is 2.29. The third kappa shape index (κ3) is 3.96. The highest BCUT2D eigenvalue weighted by molar-refractivity contribution is 6.07. The summed E-state index contributed by atoms with van der Waals surface area (Å²) in [6.45, 7) is 3.48. The summed E-state index contributed by atoms with van der Waals surface area (Å²) in [7, 11) is 0. The molecule has 1 aliphatic heterocycles. The van der Waals surface area contributed by atoms with Gasteiger partial charge in [-0.15, -0.1) is 0 Å². The molecule has 154 valence electrons. The Morgan fingerprint density at radius 1 is 1.03 bits per heavy atom. The number of hydrogen-bond donors (Lipinski definition) is 2. The number of aromatic nitrogens is 2. The molecule has 6 nitrogen and oxygen atoms in total. The molecule has 0 aliphatic carbocycles. The number of carbonyl (C=O) groups is 1. The average Bonchev–Trinajstić information content (AvgIpc) is 3.33. The maximum absolute atomic E-state index is 12.7. The summed E-state index contributed by atoms with van der Waals surface area (Å²) in [6.07, 6.45) is 6.94. The molecule has 0 spiro atoms. The molecule has 4 heterocycles. The Balaban J connectivity index is 1.24. The molecule has 1 saturated heterocycles.